The Kier molecular flexibility index (Phi) is 5.83. The highest BCUT2D eigenvalue weighted by Crippen LogP contribution is 2.58. The van der Waals surface area contributed by atoms with E-state index in [9.17, 15) is 19.5 Å². The Hall–Kier alpha value is -3.98. The number of benzene rings is 2. The molecule has 9 heteroatoms. The number of nitrogens with two attached hydrogens (primary N) is 1. The molecule has 1 aliphatic carbocycles. The van der Waals surface area contributed by atoms with Gasteiger partial charge >= 0.3 is 5.97 Å². The molecule has 3 aromatic rings. The number of primary amides is 1. The van der Waals surface area contributed by atoms with Gasteiger partial charge in [-0.2, -0.15) is 0 Å². The largest absolute Gasteiger partial charge is 0.489 e. The number of pyridine rings is 1. The van der Waals surface area contributed by atoms with Crippen LogP contribution in [0.3, 0.4) is 0 Å². The van der Waals surface area contributed by atoms with Gasteiger partial charge in [0.05, 0.1) is 23.4 Å². The van der Waals surface area contributed by atoms with E-state index in [0.717, 1.165) is 33.4 Å². The van der Waals surface area contributed by atoms with E-state index in [4.69, 9.17) is 10.5 Å². The summed E-state index contributed by atoms with van der Waals surface area (Å²) in [5.74, 6) is -2.71. The molecule has 1 aromatic heterocycles. The minimum atomic E-state index is -1.03. The number of aromatic nitrogens is 1. The number of aryl methyl sites for hydroxylation is 1. The van der Waals surface area contributed by atoms with Crippen LogP contribution in [0.25, 0.3) is 10.9 Å². The van der Waals surface area contributed by atoms with Crippen molar-refractivity contribution in [2.75, 3.05) is 18.4 Å². The van der Waals surface area contributed by atoms with Crippen molar-refractivity contribution in [3.63, 3.8) is 0 Å². The number of hydrogen-bond donors (Lipinski definition) is 4. The molecule has 2 fully saturated rings. The Bertz CT molecular complexity index is 1470. The number of nitrogens with one attached hydrogen (secondary N) is 2. The van der Waals surface area contributed by atoms with Crippen molar-refractivity contribution in [1.29, 1.82) is 0 Å². The average Bonchev–Trinajstić information content (AvgIpc) is 3.43. The van der Waals surface area contributed by atoms with Gasteiger partial charge < -0.3 is 26.2 Å². The first-order valence-corrected chi connectivity index (χ1v) is 12.9. The predicted octanol–water partition coefficient (Wildman–Crippen LogP) is 2.75. The van der Waals surface area contributed by atoms with Crippen molar-refractivity contribution in [3.05, 3.63) is 65.4 Å². The number of piperidine rings is 1. The molecular formula is C29H30N4O5. The third-order valence-electron chi connectivity index (χ3n) is 8.42. The molecular weight excluding hydrogens is 484 g/mol. The van der Waals surface area contributed by atoms with Gasteiger partial charge in [-0.1, -0.05) is 18.2 Å². The molecule has 3 aliphatic rings. The minimum absolute atomic E-state index is 0.164. The van der Waals surface area contributed by atoms with Crippen LogP contribution >= 0.6 is 0 Å². The Morgan fingerprint density at radius 2 is 1.97 bits per heavy atom. The molecule has 2 aliphatic heterocycles. The normalized spacial score (nSPS) is 27.5. The van der Waals surface area contributed by atoms with Crippen molar-refractivity contribution in [2.24, 2.45) is 23.0 Å². The van der Waals surface area contributed by atoms with Crippen LogP contribution in [0.2, 0.25) is 0 Å². The topological polar surface area (TPSA) is 144 Å². The zero-order valence-corrected chi connectivity index (χ0v) is 21.1. The third kappa shape index (κ3) is 4.16. The lowest BCUT2D eigenvalue weighted by atomic mass is 9.76. The molecule has 9 nitrogen and oxygen atoms in total. The second kappa shape index (κ2) is 9.09. The van der Waals surface area contributed by atoms with Crippen molar-refractivity contribution in [3.8, 4) is 5.75 Å². The quantitative estimate of drug-likeness (QED) is 0.377. The van der Waals surface area contributed by atoms with Crippen molar-refractivity contribution >= 4 is 34.3 Å². The van der Waals surface area contributed by atoms with Gasteiger partial charge in [0.1, 0.15) is 12.4 Å². The number of hydrogen-bond acceptors (Lipinski definition) is 7. The van der Waals surface area contributed by atoms with Crippen molar-refractivity contribution < 1.29 is 24.2 Å². The summed E-state index contributed by atoms with van der Waals surface area (Å²) >= 11 is 0. The third-order valence-corrected chi connectivity index (χ3v) is 8.42. The van der Waals surface area contributed by atoms with Crippen LogP contribution in [0.15, 0.2) is 48.5 Å². The van der Waals surface area contributed by atoms with E-state index in [1.54, 1.807) is 0 Å². The van der Waals surface area contributed by atoms with Gasteiger partial charge in [0, 0.05) is 41.3 Å². The second-order valence-corrected chi connectivity index (χ2v) is 10.8. The number of rotatable bonds is 7. The smallest absolute Gasteiger partial charge is 0.308 e. The summed E-state index contributed by atoms with van der Waals surface area (Å²) in [7, 11) is 0. The number of carbonyl (C=O) groups is 3. The molecule has 5 N–H and O–H groups in total. The van der Waals surface area contributed by atoms with Gasteiger partial charge in [0.25, 0.3) is 0 Å². The maximum Gasteiger partial charge on any atom is 0.308 e. The summed E-state index contributed by atoms with van der Waals surface area (Å²) in [5, 5.41) is 17.4. The molecule has 1 saturated carbocycles. The van der Waals surface area contributed by atoms with E-state index in [-0.39, 0.29) is 18.1 Å². The number of anilines is 1. The average molecular weight is 515 g/mol. The SMILES string of the molecule is Cc1cc(COc2ccc3c(c2)C(C(=O)C2NCC4(CC2C(=O)O)CC4C(N)=O)CN3)c2ccccc2n1. The van der Waals surface area contributed by atoms with Crippen LogP contribution in [0.1, 0.15) is 35.6 Å². The lowest BCUT2D eigenvalue weighted by Crippen LogP contribution is -2.55. The number of nitrogens with zero attached hydrogens (tertiary/aromatic N) is 1. The van der Waals surface area contributed by atoms with Crippen molar-refractivity contribution in [2.45, 2.75) is 38.3 Å². The number of amides is 1. The highest BCUT2D eigenvalue weighted by Gasteiger charge is 2.62. The van der Waals surface area contributed by atoms with E-state index in [2.05, 4.69) is 15.6 Å². The highest BCUT2D eigenvalue weighted by molar-refractivity contribution is 5.97. The lowest BCUT2D eigenvalue weighted by Gasteiger charge is -2.36. The van der Waals surface area contributed by atoms with Crippen LogP contribution in [0, 0.1) is 24.2 Å². The monoisotopic (exact) mass is 514 g/mol. The Balaban J connectivity index is 1.20. The molecule has 1 spiro atoms. The molecule has 0 radical (unpaired) electrons. The zero-order chi connectivity index (χ0) is 26.6. The summed E-state index contributed by atoms with van der Waals surface area (Å²) in [4.78, 5) is 42.1. The molecule has 0 bridgehead atoms. The highest BCUT2D eigenvalue weighted by atomic mass is 16.5. The zero-order valence-electron chi connectivity index (χ0n) is 21.1. The van der Waals surface area contributed by atoms with E-state index in [1.165, 1.54) is 0 Å². The molecule has 3 heterocycles. The number of carboxylic acids is 1. The first-order chi connectivity index (χ1) is 18.3. The molecule has 38 heavy (non-hydrogen) atoms. The lowest BCUT2D eigenvalue weighted by molar-refractivity contribution is -0.148. The predicted molar refractivity (Wildman–Crippen MR) is 141 cm³/mol. The fourth-order valence-electron chi connectivity index (χ4n) is 6.33. The van der Waals surface area contributed by atoms with Gasteiger partial charge in [-0.15, -0.1) is 0 Å². The van der Waals surface area contributed by atoms with Crippen LogP contribution < -0.4 is 21.1 Å². The van der Waals surface area contributed by atoms with Crippen LogP contribution in [0.5, 0.6) is 5.75 Å². The number of carboxylic acid groups (broad SMARTS) is 1. The molecule has 1 saturated heterocycles. The summed E-state index contributed by atoms with van der Waals surface area (Å²) in [6.07, 6.45) is 0.843. The van der Waals surface area contributed by atoms with Crippen LogP contribution in [-0.4, -0.2) is 46.9 Å². The minimum Gasteiger partial charge on any atom is -0.489 e. The maximum absolute atomic E-state index is 13.7. The van der Waals surface area contributed by atoms with Crippen LogP contribution in [0.4, 0.5) is 5.69 Å². The number of Topliss-reactive ketones (excluding diaryl/α,β-unsaturated/α-hetero) is 1. The van der Waals surface area contributed by atoms with Gasteiger partial charge in [-0.25, -0.2) is 0 Å². The molecule has 5 atom stereocenters. The molecule has 6 rings (SSSR count). The molecule has 1 amide bonds. The maximum atomic E-state index is 13.7. The molecule has 2 aromatic carbocycles. The Labute approximate surface area is 219 Å². The summed E-state index contributed by atoms with van der Waals surface area (Å²) in [6, 6.07) is 14.8. The number of carbonyl (C=O) groups excluding carboxylic acids is 2. The second-order valence-electron chi connectivity index (χ2n) is 10.8. The van der Waals surface area contributed by atoms with E-state index < -0.39 is 35.2 Å². The standard InChI is InChI=1S/C29H30N4O5/c1-15-8-16(18-4-2-3-5-24(18)33-15)13-38-17-6-7-23-19(9-17)21(12-31-23)26(34)25-20(28(36)37)10-29(14-32-25)11-22(29)27(30)35/h2-9,20-22,25,31-32H,10-14H2,1H3,(H2,30,35)(H,36,37). The Morgan fingerprint density at radius 3 is 2.74 bits per heavy atom. The number of para-hydroxylation sites is 1. The number of ketones is 1. The summed E-state index contributed by atoms with van der Waals surface area (Å²) in [5.41, 5.74) is 9.53. The summed E-state index contributed by atoms with van der Waals surface area (Å²) < 4.78 is 6.16. The fraction of sp³-hybridized carbons (Fsp3) is 0.379. The first kappa shape index (κ1) is 24.4. The van der Waals surface area contributed by atoms with Gasteiger partial charge in [-0.05, 0) is 61.1 Å². The fourth-order valence-corrected chi connectivity index (χ4v) is 6.33. The van der Waals surface area contributed by atoms with E-state index >= 15 is 0 Å². The summed E-state index contributed by atoms with van der Waals surface area (Å²) in [6.45, 7) is 3.11. The van der Waals surface area contributed by atoms with Gasteiger partial charge in [0.2, 0.25) is 5.91 Å². The first-order valence-electron chi connectivity index (χ1n) is 12.9. The van der Waals surface area contributed by atoms with Crippen molar-refractivity contribution in [1.82, 2.24) is 10.3 Å². The Morgan fingerprint density at radius 1 is 1.16 bits per heavy atom. The number of fused-ring (bicyclic) bond motifs is 2. The molecule has 5 unspecified atom stereocenters. The molecule has 196 valence electrons. The van der Waals surface area contributed by atoms with E-state index in [0.29, 0.717) is 31.9 Å². The van der Waals surface area contributed by atoms with Crippen LogP contribution in [-0.2, 0) is 21.0 Å². The van der Waals surface area contributed by atoms with E-state index in [1.807, 2.05) is 55.5 Å². The van der Waals surface area contributed by atoms with Gasteiger partial charge in [-0.3, -0.25) is 19.4 Å². The van der Waals surface area contributed by atoms with Gasteiger partial charge in [0.15, 0.2) is 5.78 Å². The number of aliphatic carboxylic acids is 1. The number of ether oxygens (including phenoxy) is 1.